The van der Waals surface area contributed by atoms with Crippen LogP contribution in [0.15, 0.2) is 23.4 Å². The Kier molecular flexibility index (Phi) is 2.14. The van der Waals surface area contributed by atoms with E-state index in [-0.39, 0.29) is 11.4 Å². The number of nitro benzene ring substituents is 1. The first-order valence-electron chi connectivity index (χ1n) is 3.23. The van der Waals surface area contributed by atoms with Crippen LogP contribution in [-0.4, -0.2) is 4.92 Å². The van der Waals surface area contributed by atoms with Crippen molar-refractivity contribution in [2.24, 2.45) is 5.18 Å². The molecule has 1 aromatic rings. The Morgan fingerprint density at radius 2 is 2.17 bits per heavy atom. The molecule has 5 nitrogen and oxygen atoms in total. The second-order valence-corrected chi connectivity index (χ2v) is 2.32. The van der Waals surface area contributed by atoms with E-state index >= 15 is 0 Å². The molecule has 62 valence electrons. The Bertz CT molecular complexity index is 335. The number of aryl methyl sites for hydroxylation is 1. The van der Waals surface area contributed by atoms with Gasteiger partial charge in [0.2, 0.25) is 0 Å². The fraction of sp³-hybridized carbons (Fsp3) is 0.143. The van der Waals surface area contributed by atoms with E-state index in [0.717, 1.165) is 0 Å². The van der Waals surface area contributed by atoms with Crippen LogP contribution >= 0.6 is 0 Å². The molecule has 0 N–H and O–H groups in total. The molecule has 0 aromatic heterocycles. The van der Waals surface area contributed by atoms with Crippen LogP contribution in [0.4, 0.5) is 11.4 Å². The zero-order chi connectivity index (χ0) is 9.14. The van der Waals surface area contributed by atoms with Crippen LogP contribution in [0.5, 0.6) is 0 Å². The van der Waals surface area contributed by atoms with E-state index in [0.29, 0.717) is 5.56 Å². The number of nitrogens with zero attached hydrogens (tertiary/aromatic N) is 2. The zero-order valence-electron chi connectivity index (χ0n) is 6.35. The molecule has 0 aliphatic heterocycles. The van der Waals surface area contributed by atoms with Crippen molar-refractivity contribution < 1.29 is 4.92 Å². The van der Waals surface area contributed by atoms with Crippen LogP contribution in [0, 0.1) is 21.9 Å². The lowest BCUT2D eigenvalue weighted by atomic mass is 10.2. The summed E-state index contributed by atoms with van der Waals surface area (Å²) in [5, 5.41) is 13.0. The quantitative estimate of drug-likeness (QED) is 0.384. The summed E-state index contributed by atoms with van der Waals surface area (Å²) >= 11 is 0. The van der Waals surface area contributed by atoms with Crippen LogP contribution in [0.2, 0.25) is 0 Å². The van der Waals surface area contributed by atoms with Crippen molar-refractivity contribution in [1.29, 1.82) is 0 Å². The van der Waals surface area contributed by atoms with Gasteiger partial charge in [0, 0.05) is 11.6 Å². The molecule has 0 radical (unpaired) electrons. The molecule has 0 aliphatic carbocycles. The highest BCUT2D eigenvalue weighted by molar-refractivity contribution is 5.49. The second kappa shape index (κ2) is 3.08. The molecule has 0 saturated heterocycles. The highest BCUT2D eigenvalue weighted by atomic mass is 16.6. The molecule has 1 rings (SSSR count). The largest absolute Gasteiger partial charge is 0.272 e. The van der Waals surface area contributed by atoms with Crippen LogP contribution in [-0.2, 0) is 0 Å². The molecule has 0 saturated carbocycles. The number of nitro groups is 1. The lowest BCUT2D eigenvalue weighted by Gasteiger charge is -1.95. The average Bonchev–Trinajstić information content (AvgIpc) is 2.03. The summed E-state index contributed by atoms with van der Waals surface area (Å²) in [5.74, 6) is 0. The van der Waals surface area contributed by atoms with Gasteiger partial charge in [0.1, 0.15) is 5.69 Å². The number of nitroso groups, excluding NO2 is 1. The first kappa shape index (κ1) is 8.32. The zero-order valence-corrected chi connectivity index (χ0v) is 6.35. The molecule has 0 aliphatic rings. The van der Waals surface area contributed by atoms with Crippen LogP contribution in [0.25, 0.3) is 0 Å². The van der Waals surface area contributed by atoms with Gasteiger partial charge in [-0.25, -0.2) is 0 Å². The fourth-order valence-corrected chi connectivity index (χ4v) is 0.901. The Balaban J connectivity index is 3.20. The summed E-state index contributed by atoms with van der Waals surface area (Å²) in [5.41, 5.74) is 0.651. The summed E-state index contributed by atoms with van der Waals surface area (Å²) in [6, 6.07) is 3.97. The first-order valence-corrected chi connectivity index (χ1v) is 3.23. The van der Waals surface area contributed by atoms with Gasteiger partial charge >= 0.3 is 0 Å². The average molecular weight is 166 g/mol. The molecule has 12 heavy (non-hydrogen) atoms. The summed E-state index contributed by atoms with van der Waals surface area (Å²) in [4.78, 5) is 19.8. The van der Waals surface area contributed by atoms with Crippen molar-refractivity contribution in [3.63, 3.8) is 0 Å². The monoisotopic (exact) mass is 166 g/mol. The Morgan fingerprint density at radius 1 is 1.50 bits per heavy atom. The highest BCUT2D eigenvalue weighted by Gasteiger charge is 2.09. The number of benzene rings is 1. The van der Waals surface area contributed by atoms with E-state index in [9.17, 15) is 15.0 Å². The summed E-state index contributed by atoms with van der Waals surface area (Å²) < 4.78 is 0. The van der Waals surface area contributed by atoms with E-state index in [1.54, 1.807) is 6.92 Å². The third-order valence-electron chi connectivity index (χ3n) is 1.48. The third kappa shape index (κ3) is 1.45. The maximum Gasteiger partial charge on any atom is 0.272 e. The predicted molar refractivity (Wildman–Crippen MR) is 43.3 cm³/mol. The van der Waals surface area contributed by atoms with Gasteiger partial charge in [-0.3, -0.25) is 10.1 Å². The maximum atomic E-state index is 10.3. The van der Waals surface area contributed by atoms with E-state index in [1.165, 1.54) is 18.2 Å². The van der Waals surface area contributed by atoms with Crippen LogP contribution in [0.3, 0.4) is 0 Å². The smallest absolute Gasteiger partial charge is 0.258 e. The molecule has 5 heteroatoms. The van der Waals surface area contributed by atoms with E-state index < -0.39 is 4.92 Å². The summed E-state index contributed by atoms with van der Waals surface area (Å²) in [6.45, 7) is 1.56. The van der Waals surface area contributed by atoms with Crippen molar-refractivity contribution in [1.82, 2.24) is 0 Å². The summed E-state index contributed by atoms with van der Waals surface area (Å²) in [7, 11) is 0. The minimum Gasteiger partial charge on any atom is -0.258 e. The van der Waals surface area contributed by atoms with Crippen molar-refractivity contribution in [2.75, 3.05) is 0 Å². The fourth-order valence-electron chi connectivity index (χ4n) is 0.901. The van der Waals surface area contributed by atoms with E-state index in [2.05, 4.69) is 5.18 Å². The maximum absolute atomic E-state index is 10.3. The number of rotatable bonds is 2. The molecule has 0 amide bonds. The lowest BCUT2D eigenvalue weighted by Crippen LogP contribution is -1.90. The first-order chi connectivity index (χ1) is 5.65. The summed E-state index contributed by atoms with van der Waals surface area (Å²) in [6.07, 6.45) is 0. The Hall–Kier alpha value is -1.78. The third-order valence-corrected chi connectivity index (χ3v) is 1.48. The molecule has 0 unspecified atom stereocenters. The minimum absolute atomic E-state index is 0.00222. The molecule has 0 spiro atoms. The van der Waals surface area contributed by atoms with Gasteiger partial charge in [-0.2, -0.15) is 0 Å². The predicted octanol–water partition coefficient (Wildman–Crippen LogP) is 2.30. The molecule has 0 atom stereocenters. The molecular formula is C7H6N2O3. The van der Waals surface area contributed by atoms with Crippen LogP contribution < -0.4 is 0 Å². The van der Waals surface area contributed by atoms with Crippen molar-refractivity contribution in [3.8, 4) is 0 Å². The van der Waals surface area contributed by atoms with Gasteiger partial charge < -0.3 is 0 Å². The second-order valence-electron chi connectivity index (χ2n) is 2.32. The minimum atomic E-state index is -0.496. The molecule has 0 fully saturated rings. The van der Waals surface area contributed by atoms with Crippen molar-refractivity contribution in [2.45, 2.75) is 6.92 Å². The van der Waals surface area contributed by atoms with Gasteiger partial charge in [0.25, 0.3) is 5.69 Å². The van der Waals surface area contributed by atoms with Gasteiger partial charge in [0.15, 0.2) is 0 Å². The van der Waals surface area contributed by atoms with Crippen LogP contribution in [0.1, 0.15) is 5.56 Å². The molecule has 0 heterocycles. The van der Waals surface area contributed by atoms with Gasteiger partial charge in [-0.05, 0) is 24.2 Å². The van der Waals surface area contributed by atoms with Gasteiger partial charge in [-0.15, -0.1) is 4.91 Å². The topological polar surface area (TPSA) is 72.6 Å². The molecular weight excluding hydrogens is 160 g/mol. The van der Waals surface area contributed by atoms with Gasteiger partial charge in [0.05, 0.1) is 4.92 Å². The number of hydrogen-bond donors (Lipinski definition) is 0. The Labute approximate surface area is 68.1 Å². The Morgan fingerprint density at radius 3 is 2.58 bits per heavy atom. The van der Waals surface area contributed by atoms with Gasteiger partial charge in [-0.1, -0.05) is 0 Å². The molecule has 0 bridgehead atoms. The SMILES string of the molecule is Cc1cc(N=O)ccc1[N+](=O)[O-]. The van der Waals surface area contributed by atoms with E-state index in [1.807, 2.05) is 0 Å². The lowest BCUT2D eigenvalue weighted by molar-refractivity contribution is -0.385. The van der Waals surface area contributed by atoms with Crippen molar-refractivity contribution >= 4 is 11.4 Å². The molecule has 1 aromatic carbocycles. The van der Waals surface area contributed by atoms with Crippen molar-refractivity contribution in [3.05, 3.63) is 38.8 Å². The number of hydrogen-bond acceptors (Lipinski definition) is 4. The standard InChI is InChI=1S/C7H6N2O3/c1-5-4-6(8-10)2-3-7(5)9(11)12/h2-4H,1H3. The van der Waals surface area contributed by atoms with E-state index in [4.69, 9.17) is 0 Å². The normalized spacial score (nSPS) is 9.42. The highest BCUT2D eigenvalue weighted by Crippen LogP contribution is 2.22.